The molecule has 1 aromatic carbocycles. The zero-order valence-electron chi connectivity index (χ0n) is 19.7. The molecular formula is C20H27BClFN3O9P. The maximum Gasteiger partial charge on any atom is 0.459 e. The first kappa shape index (κ1) is 28.4. The van der Waals surface area contributed by atoms with Gasteiger partial charge in [-0.05, 0) is 32.1 Å². The molecule has 1 fully saturated rings. The predicted octanol–water partition coefficient (Wildman–Crippen LogP) is 0.382. The van der Waals surface area contributed by atoms with Crippen LogP contribution in [-0.2, 0) is 23.4 Å². The molecule has 16 heteroatoms. The molecule has 0 aliphatic carbocycles. The van der Waals surface area contributed by atoms with Crippen molar-refractivity contribution in [2.45, 2.75) is 49.3 Å². The smallest absolute Gasteiger partial charge is 0.459 e. The minimum Gasteiger partial charge on any atom is -0.465 e. The molecule has 12 nitrogen and oxygen atoms in total. The van der Waals surface area contributed by atoms with Gasteiger partial charge in [0, 0.05) is 12.3 Å². The lowest BCUT2D eigenvalue weighted by Crippen LogP contribution is -2.56. The van der Waals surface area contributed by atoms with Gasteiger partial charge < -0.3 is 29.5 Å². The van der Waals surface area contributed by atoms with Crippen molar-refractivity contribution < 1.29 is 47.3 Å². The van der Waals surface area contributed by atoms with Crippen LogP contribution < -0.4 is 14.9 Å². The summed E-state index contributed by atoms with van der Waals surface area (Å²) in [6.45, 7) is 2.48. The largest absolute Gasteiger partial charge is 0.465 e. The number of aliphatic hydroxyl groups is 2. The fourth-order valence-electron chi connectivity index (χ4n) is 3.51. The van der Waals surface area contributed by atoms with Crippen LogP contribution in [0.5, 0.6) is 5.75 Å². The number of hydrogen-bond donors (Lipinski definition) is 4. The van der Waals surface area contributed by atoms with Crippen LogP contribution in [0.25, 0.3) is 0 Å². The van der Waals surface area contributed by atoms with Crippen LogP contribution in [0.3, 0.4) is 0 Å². The Labute approximate surface area is 212 Å². The molecular weight excluding hydrogens is 522 g/mol. The average molecular weight is 550 g/mol. The van der Waals surface area contributed by atoms with E-state index in [1.54, 1.807) is 6.92 Å². The number of rotatable bonds is 10. The number of aliphatic hydroxyl groups excluding tert-OH is 2. The topological polar surface area (TPSA) is 156 Å². The van der Waals surface area contributed by atoms with Crippen LogP contribution in [0.1, 0.15) is 13.8 Å². The van der Waals surface area contributed by atoms with Gasteiger partial charge in [0.25, 0.3) is 0 Å². The van der Waals surface area contributed by atoms with Crippen LogP contribution in [0.4, 0.5) is 9.18 Å². The minimum absolute atomic E-state index is 0.0775. The molecule has 3 rings (SSSR count). The van der Waals surface area contributed by atoms with Crippen molar-refractivity contribution in [1.82, 2.24) is 15.3 Å². The van der Waals surface area contributed by atoms with Crippen LogP contribution in [0.2, 0.25) is 0 Å². The summed E-state index contributed by atoms with van der Waals surface area (Å²) in [5.41, 5.74) is 0. The van der Waals surface area contributed by atoms with Gasteiger partial charge in [0.05, 0.1) is 24.1 Å². The highest BCUT2D eigenvalue weighted by Crippen LogP contribution is 2.46. The Morgan fingerprint density at radius 3 is 2.83 bits per heavy atom. The van der Waals surface area contributed by atoms with Gasteiger partial charge in [-0.25, -0.2) is 13.8 Å². The van der Waals surface area contributed by atoms with E-state index in [4.69, 9.17) is 30.1 Å². The summed E-state index contributed by atoms with van der Waals surface area (Å²) in [5, 5.41) is 25.0. The molecule has 0 radical (unpaired) electrons. The summed E-state index contributed by atoms with van der Waals surface area (Å²) >= 11 is 6.50. The Hall–Kier alpha value is -2.19. The lowest BCUT2D eigenvalue weighted by molar-refractivity contribution is -0.144. The van der Waals surface area contributed by atoms with Crippen molar-refractivity contribution in [3.05, 3.63) is 42.4 Å². The molecule has 0 spiro atoms. The van der Waals surface area contributed by atoms with E-state index in [9.17, 15) is 28.8 Å². The van der Waals surface area contributed by atoms with Crippen molar-refractivity contribution in [2.75, 3.05) is 13.2 Å². The van der Waals surface area contributed by atoms with Crippen molar-refractivity contribution in [3.63, 3.8) is 0 Å². The van der Waals surface area contributed by atoms with E-state index in [1.807, 2.05) is 0 Å². The number of benzene rings is 1. The van der Waals surface area contributed by atoms with Gasteiger partial charge in [0.2, 0.25) is 0 Å². The highest BCUT2D eigenvalue weighted by molar-refractivity contribution is 7.52. The Morgan fingerprint density at radius 1 is 1.47 bits per heavy atom. The molecule has 4 N–H and O–H groups in total. The monoisotopic (exact) mass is 549 g/mol. The number of amides is 2. The summed E-state index contributed by atoms with van der Waals surface area (Å²) in [5.74, 6) is -1.55. The minimum atomic E-state index is -4.38. The average Bonchev–Trinajstić information content (AvgIpc) is 3.01. The summed E-state index contributed by atoms with van der Waals surface area (Å²) in [4.78, 5) is 25.4. The summed E-state index contributed by atoms with van der Waals surface area (Å²) in [6, 6.07) is 2.92. The number of alkyl halides is 1. The van der Waals surface area contributed by atoms with Gasteiger partial charge in [-0.1, -0.05) is 6.07 Å². The number of urea groups is 1. The Kier molecular flexibility index (Phi) is 9.04. The van der Waals surface area contributed by atoms with Gasteiger partial charge >= 0.3 is 19.7 Å². The lowest BCUT2D eigenvalue weighted by atomic mass is 9.79. The van der Waals surface area contributed by atoms with Gasteiger partial charge in [0.15, 0.2) is 6.23 Å². The zero-order chi connectivity index (χ0) is 26.7. The molecule has 36 heavy (non-hydrogen) atoms. The molecule has 7 atom stereocenters. The van der Waals surface area contributed by atoms with Crippen LogP contribution in [0.15, 0.2) is 36.5 Å². The van der Waals surface area contributed by atoms with E-state index >= 15 is 0 Å². The number of carbonyl (C=O) groups excluding carboxylic acids is 2. The second-order valence-electron chi connectivity index (χ2n) is 8.21. The molecule has 2 aliphatic rings. The molecule has 1 aromatic rings. The third-order valence-electron chi connectivity index (χ3n) is 5.33. The molecule has 2 unspecified atom stereocenters. The van der Waals surface area contributed by atoms with Gasteiger partial charge in [-0.15, -0.1) is 11.6 Å². The van der Waals surface area contributed by atoms with Gasteiger partial charge in [-0.3, -0.25) is 14.2 Å². The van der Waals surface area contributed by atoms with Crippen molar-refractivity contribution in [2.24, 2.45) is 0 Å². The fraction of sp³-hybridized carbons (Fsp3) is 0.500. The summed E-state index contributed by atoms with van der Waals surface area (Å²) < 4.78 is 47.2. The third-order valence-corrected chi connectivity index (χ3v) is 7.38. The SMILES string of the molecule is B[C@]1(Cl)[C@H](O)[C@@H](COP(=O)(N[C@@H](C)C(=O)OCC)Oc2cccc(F)c2)O[C@H]1N1C=CC(O)NC1=O. The number of nitrogens with zero attached hydrogens (tertiary/aromatic N) is 1. The highest BCUT2D eigenvalue weighted by atomic mass is 35.5. The standard InChI is InChI=1S/C20H27BClFN3O9P/c1-3-32-17(29)11(2)25-36(31,35-13-6-4-5-12(23)9-13)33-10-14-16(28)20(21,22)18(34-14)26-8-7-15(27)24-19(26)30/h4-9,11,14-16,18,27-28H,3,10,21H2,1-2H3,(H,24,30)(H,25,31)/t11-,14+,15?,16+,18+,20-,36?/m0/s1. The lowest BCUT2D eigenvalue weighted by Gasteiger charge is -2.35. The van der Waals surface area contributed by atoms with E-state index in [0.717, 1.165) is 17.0 Å². The number of ether oxygens (including phenoxy) is 2. The highest BCUT2D eigenvalue weighted by Gasteiger charge is 2.55. The Bertz CT molecular complexity index is 1050. The molecule has 0 bridgehead atoms. The first-order valence-corrected chi connectivity index (χ1v) is 12.9. The number of hydrogen-bond acceptors (Lipinski definition) is 9. The first-order chi connectivity index (χ1) is 16.9. The number of halogens is 2. The fourth-order valence-corrected chi connectivity index (χ4v) is 5.30. The number of carbonyl (C=O) groups is 2. The normalized spacial score (nSPS) is 30.4. The van der Waals surface area contributed by atoms with E-state index in [-0.39, 0.29) is 12.4 Å². The molecule has 2 amide bonds. The Balaban J connectivity index is 1.77. The quantitative estimate of drug-likeness (QED) is 0.139. The second kappa shape index (κ2) is 11.5. The van der Waals surface area contributed by atoms with Crippen molar-refractivity contribution in [1.29, 1.82) is 0 Å². The van der Waals surface area contributed by atoms with Crippen molar-refractivity contribution in [3.8, 4) is 5.75 Å². The summed E-state index contributed by atoms with van der Waals surface area (Å²) in [6.07, 6.45) is -2.47. The van der Waals surface area contributed by atoms with Gasteiger partial charge in [0.1, 0.15) is 37.8 Å². The van der Waals surface area contributed by atoms with E-state index in [1.165, 1.54) is 39.2 Å². The molecule has 2 heterocycles. The van der Waals surface area contributed by atoms with E-state index in [2.05, 4.69) is 10.4 Å². The van der Waals surface area contributed by atoms with E-state index in [0.29, 0.717) is 0 Å². The van der Waals surface area contributed by atoms with Gasteiger partial charge in [-0.2, -0.15) is 5.09 Å². The number of nitrogens with one attached hydrogen (secondary N) is 2. The second-order valence-corrected chi connectivity index (χ2v) is 10.7. The van der Waals surface area contributed by atoms with E-state index < -0.39 is 67.7 Å². The number of esters is 1. The molecule has 198 valence electrons. The predicted molar refractivity (Wildman–Crippen MR) is 127 cm³/mol. The van der Waals surface area contributed by atoms with Crippen LogP contribution >= 0.6 is 19.3 Å². The molecule has 0 aromatic heterocycles. The first-order valence-electron chi connectivity index (χ1n) is 11.0. The maximum atomic E-state index is 13.6. The third kappa shape index (κ3) is 6.57. The summed E-state index contributed by atoms with van der Waals surface area (Å²) in [7, 11) is -2.95. The maximum absolute atomic E-state index is 13.6. The van der Waals surface area contributed by atoms with Crippen LogP contribution in [0, 0.1) is 5.82 Å². The van der Waals surface area contributed by atoms with Crippen molar-refractivity contribution >= 4 is 39.2 Å². The van der Waals surface area contributed by atoms with Crippen LogP contribution in [-0.4, -0.2) is 83.7 Å². The zero-order valence-corrected chi connectivity index (χ0v) is 21.3. The molecule has 1 saturated heterocycles. The molecule has 0 saturated carbocycles. The molecule has 2 aliphatic heterocycles. The Morgan fingerprint density at radius 2 is 2.19 bits per heavy atom.